The number of anilines is 1. The summed E-state index contributed by atoms with van der Waals surface area (Å²) in [6.45, 7) is 1.97. The van der Waals surface area contributed by atoms with Crippen molar-refractivity contribution in [1.29, 1.82) is 0 Å². The number of hydrogen-bond acceptors (Lipinski definition) is 2. The van der Waals surface area contributed by atoms with Crippen molar-refractivity contribution in [2.75, 3.05) is 5.32 Å². The lowest BCUT2D eigenvalue weighted by molar-refractivity contribution is -0.115. The second kappa shape index (κ2) is 6.26. The van der Waals surface area contributed by atoms with Gasteiger partial charge in [-0.2, -0.15) is 0 Å². The Kier molecular flexibility index (Phi) is 4.66. The largest absolute Gasteiger partial charge is 0.326 e. The maximum Gasteiger partial charge on any atom is 0.228 e. The molecule has 2 rings (SSSR count). The second-order valence-corrected chi connectivity index (χ2v) is 5.78. The van der Waals surface area contributed by atoms with Gasteiger partial charge in [-0.3, -0.25) is 4.79 Å². The zero-order valence-corrected chi connectivity index (χ0v) is 13.0. The summed E-state index contributed by atoms with van der Waals surface area (Å²) in [7, 11) is 0. The van der Waals surface area contributed by atoms with Crippen molar-refractivity contribution in [2.45, 2.75) is 18.2 Å². The van der Waals surface area contributed by atoms with Gasteiger partial charge in [-0.1, -0.05) is 28.1 Å². The Balaban J connectivity index is 2.03. The number of rotatable bonds is 3. The van der Waals surface area contributed by atoms with Crippen molar-refractivity contribution in [1.82, 2.24) is 0 Å². The summed E-state index contributed by atoms with van der Waals surface area (Å²) < 4.78 is 1.01. The first-order valence-corrected chi connectivity index (χ1v) is 7.12. The van der Waals surface area contributed by atoms with Gasteiger partial charge in [0, 0.05) is 15.1 Å². The van der Waals surface area contributed by atoms with Crippen LogP contribution in [0.2, 0.25) is 0 Å². The van der Waals surface area contributed by atoms with E-state index in [-0.39, 0.29) is 5.91 Å². The van der Waals surface area contributed by atoms with Crippen LogP contribution in [0, 0.1) is 6.92 Å². The number of carbonyl (C=O) groups is 1. The highest BCUT2D eigenvalue weighted by Crippen LogP contribution is 2.20. The molecule has 0 fully saturated rings. The van der Waals surface area contributed by atoms with Crippen LogP contribution < -0.4 is 5.32 Å². The Morgan fingerprint density at radius 3 is 2.53 bits per heavy atom. The third-order valence-corrected chi connectivity index (χ3v) is 3.55. The van der Waals surface area contributed by atoms with E-state index in [4.69, 9.17) is 0 Å². The molecule has 0 heterocycles. The standard InChI is InChI=1S/C15H14BrNOS/c1-10-8-12(16)4-7-14(10)17-15(18)9-11-2-5-13(19)6-3-11/h2-8,19H,9H2,1H3,(H,17,18). The Labute approximate surface area is 126 Å². The summed E-state index contributed by atoms with van der Waals surface area (Å²) >= 11 is 7.62. The van der Waals surface area contributed by atoms with Crippen molar-refractivity contribution in [2.24, 2.45) is 0 Å². The van der Waals surface area contributed by atoms with E-state index in [1.807, 2.05) is 49.4 Å². The zero-order valence-electron chi connectivity index (χ0n) is 10.5. The number of aryl methyl sites for hydroxylation is 1. The smallest absolute Gasteiger partial charge is 0.228 e. The molecule has 0 atom stereocenters. The topological polar surface area (TPSA) is 29.1 Å². The molecule has 98 valence electrons. The molecule has 0 radical (unpaired) electrons. The van der Waals surface area contributed by atoms with Crippen LogP contribution in [0.3, 0.4) is 0 Å². The molecule has 2 aromatic rings. The minimum atomic E-state index is -0.0164. The normalized spacial score (nSPS) is 10.3. The molecular weight excluding hydrogens is 322 g/mol. The minimum absolute atomic E-state index is 0.0164. The van der Waals surface area contributed by atoms with Gasteiger partial charge in [-0.25, -0.2) is 0 Å². The molecule has 1 amide bonds. The second-order valence-electron chi connectivity index (χ2n) is 4.35. The zero-order chi connectivity index (χ0) is 13.8. The SMILES string of the molecule is Cc1cc(Br)ccc1NC(=O)Cc1ccc(S)cc1. The first kappa shape index (κ1) is 14.2. The van der Waals surface area contributed by atoms with Gasteiger partial charge in [-0.15, -0.1) is 12.6 Å². The molecule has 0 aliphatic rings. The lowest BCUT2D eigenvalue weighted by atomic mass is 10.1. The quantitative estimate of drug-likeness (QED) is 0.807. The predicted octanol–water partition coefficient (Wildman–Crippen LogP) is 4.23. The van der Waals surface area contributed by atoms with E-state index in [0.29, 0.717) is 6.42 Å². The lowest BCUT2D eigenvalue weighted by Crippen LogP contribution is -2.15. The van der Waals surface area contributed by atoms with Crippen molar-refractivity contribution in [3.05, 3.63) is 58.1 Å². The molecule has 0 aliphatic heterocycles. The predicted molar refractivity (Wildman–Crippen MR) is 84.9 cm³/mol. The maximum absolute atomic E-state index is 12.0. The average Bonchev–Trinajstić information content (AvgIpc) is 2.36. The molecule has 0 unspecified atom stereocenters. The fraction of sp³-hybridized carbons (Fsp3) is 0.133. The van der Waals surface area contributed by atoms with Crippen LogP contribution in [0.25, 0.3) is 0 Å². The van der Waals surface area contributed by atoms with Crippen LogP contribution in [0.15, 0.2) is 51.8 Å². The molecule has 2 nitrogen and oxygen atoms in total. The first-order valence-electron chi connectivity index (χ1n) is 5.88. The lowest BCUT2D eigenvalue weighted by Gasteiger charge is -2.09. The molecule has 0 spiro atoms. The van der Waals surface area contributed by atoms with Gasteiger partial charge >= 0.3 is 0 Å². The van der Waals surface area contributed by atoms with Crippen LogP contribution in [0.4, 0.5) is 5.69 Å². The number of thiol groups is 1. The van der Waals surface area contributed by atoms with Crippen LogP contribution in [0.1, 0.15) is 11.1 Å². The number of nitrogens with one attached hydrogen (secondary N) is 1. The fourth-order valence-electron chi connectivity index (χ4n) is 1.76. The van der Waals surface area contributed by atoms with Crippen molar-refractivity contribution in [3.8, 4) is 0 Å². The number of hydrogen-bond donors (Lipinski definition) is 2. The van der Waals surface area contributed by atoms with Crippen LogP contribution >= 0.6 is 28.6 Å². The third-order valence-electron chi connectivity index (χ3n) is 2.76. The molecule has 0 aromatic heterocycles. The molecule has 0 aliphatic carbocycles. The highest BCUT2D eigenvalue weighted by Gasteiger charge is 2.06. The molecule has 4 heteroatoms. The molecule has 1 N–H and O–H groups in total. The van der Waals surface area contributed by atoms with Gasteiger partial charge in [0.05, 0.1) is 6.42 Å². The van der Waals surface area contributed by atoms with Crippen LogP contribution in [-0.4, -0.2) is 5.91 Å². The number of amides is 1. The van der Waals surface area contributed by atoms with E-state index >= 15 is 0 Å². The van der Waals surface area contributed by atoms with Crippen molar-refractivity contribution >= 4 is 40.2 Å². The van der Waals surface area contributed by atoms with Gasteiger partial charge < -0.3 is 5.32 Å². The highest BCUT2D eigenvalue weighted by atomic mass is 79.9. The molecule has 2 aromatic carbocycles. The van der Waals surface area contributed by atoms with Gasteiger partial charge in [0.15, 0.2) is 0 Å². The minimum Gasteiger partial charge on any atom is -0.326 e. The average molecular weight is 336 g/mol. The molecule has 19 heavy (non-hydrogen) atoms. The van der Waals surface area contributed by atoms with Gasteiger partial charge in [0.2, 0.25) is 5.91 Å². The molecule has 0 saturated carbocycles. The molecule has 0 saturated heterocycles. The van der Waals surface area contributed by atoms with E-state index in [1.54, 1.807) is 0 Å². The Bertz CT molecular complexity index is 596. The Morgan fingerprint density at radius 1 is 1.21 bits per heavy atom. The maximum atomic E-state index is 12.0. The summed E-state index contributed by atoms with van der Waals surface area (Å²) in [4.78, 5) is 12.9. The van der Waals surface area contributed by atoms with Crippen LogP contribution in [0.5, 0.6) is 0 Å². The highest BCUT2D eigenvalue weighted by molar-refractivity contribution is 9.10. The monoisotopic (exact) mass is 335 g/mol. The Morgan fingerprint density at radius 2 is 1.89 bits per heavy atom. The fourth-order valence-corrected chi connectivity index (χ4v) is 2.39. The third kappa shape index (κ3) is 4.11. The summed E-state index contributed by atoms with van der Waals surface area (Å²) in [5.74, 6) is -0.0164. The number of benzene rings is 2. The summed E-state index contributed by atoms with van der Waals surface area (Å²) in [6, 6.07) is 13.4. The molecule has 0 bridgehead atoms. The van der Waals surface area contributed by atoms with E-state index in [9.17, 15) is 4.79 Å². The summed E-state index contributed by atoms with van der Waals surface area (Å²) in [5.41, 5.74) is 2.86. The van der Waals surface area contributed by atoms with Crippen LogP contribution in [-0.2, 0) is 11.2 Å². The number of halogens is 1. The van der Waals surface area contributed by atoms with E-state index < -0.39 is 0 Å². The molecular formula is C15H14BrNOS. The van der Waals surface area contributed by atoms with E-state index in [2.05, 4.69) is 33.9 Å². The van der Waals surface area contributed by atoms with E-state index in [0.717, 1.165) is 26.2 Å². The summed E-state index contributed by atoms with van der Waals surface area (Å²) in [6.07, 6.45) is 0.365. The van der Waals surface area contributed by atoms with Crippen molar-refractivity contribution in [3.63, 3.8) is 0 Å². The van der Waals surface area contributed by atoms with E-state index in [1.165, 1.54) is 0 Å². The Hall–Kier alpha value is -1.26. The van der Waals surface area contributed by atoms with Gasteiger partial charge in [0.1, 0.15) is 0 Å². The van der Waals surface area contributed by atoms with Gasteiger partial charge in [-0.05, 0) is 48.4 Å². The first-order chi connectivity index (χ1) is 9.04. The number of carbonyl (C=O) groups excluding carboxylic acids is 1. The van der Waals surface area contributed by atoms with Gasteiger partial charge in [0.25, 0.3) is 0 Å². The summed E-state index contributed by atoms with van der Waals surface area (Å²) in [5, 5.41) is 2.92. The van der Waals surface area contributed by atoms with Crippen molar-refractivity contribution < 1.29 is 4.79 Å².